The minimum atomic E-state index is -0.742. The van der Waals surface area contributed by atoms with E-state index < -0.39 is 29.2 Å². The van der Waals surface area contributed by atoms with Gasteiger partial charge in [0.25, 0.3) is 0 Å². The van der Waals surface area contributed by atoms with Crippen molar-refractivity contribution in [3.8, 4) is 11.5 Å². The highest BCUT2D eigenvalue weighted by Crippen LogP contribution is 2.32. The summed E-state index contributed by atoms with van der Waals surface area (Å²) in [4.78, 5) is 22.2. The van der Waals surface area contributed by atoms with Crippen molar-refractivity contribution in [2.24, 2.45) is 5.92 Å². The van der Waals surface area contributed by atoms with Crippen molar-refractivity contribution in [3.63, 3.8) is 0 Å². The highest BCUT2D eigenvalue weighted by atomic mass is 19.1. The molecule has 2 aromatic carbocycles. The van der Waals surface area contributed by atoms with Gasteiger partial charge >= 0.3 is 11.9 Å². The molecule has 10 heteroatoms. The van der Waals surface area contributed by atoms with Gasteiger partial charge in [0.05, 0.1) is 33.7 Å². The summed E-state index contributed by atoms with van der Waals surface area (Å²) in [6, 6.07) is 3.95. The minimum absolute atomic E-state index is 0.0139. The predicted molar refractivity (Wildman–Crippen MR) is 112 cm³/mol. The predicted octanol–water partition coefficient (Wildman–Crippen LogP) is 4.38. The number of carbonyl (C=O) groups is 2. The number of hydrogen-bond acceptors (Lipinski definition) is 6. The third-order valence-corrected chi connectivity index (χ3v) is 5.14. The zero-order chi connectivity index (χ0) is 24.8. The Morgan fingerprint density at radius 1 is 0.912 bits per heavy atom. The number of rotatable bonds is 4. The number of methoxy groups -OCH3 is 2. The summed E-state index contributed by atoms with van der Waals surface area (Å²) in [7, 11) is 2.58. The van der Waals surface area contributed by atoms with Gasteiger partial charge in [0, 0.05) is 29.2 Å². The van der Waals surface area contributed by atoms with Gasteiger partial charge < -0.3 is 18.9 Å². The summed E-state index contributed by atoms with van der Waals surface area (Å²) in [6.07, 6.45) is 2.20. The summed E-state index contributed by atoms with van der Waals surface area (Å²) < 4.78 is 72.1. The van der Waals surface area contributed by atoms with E-state index >= 15 is 0 Å². The number of benzene rings is 2. The van der Waals surface area contributed by atoms with Gasteiger partial charge in [0.15, 0.2) is 23.1 Å². The number of esters is 2. The van der Waals surface area contributed by atoms with Gasteiger partial charge in [-0.2, -0.15) is 0 Å². The van der Waals surface area contributed by atoms with Gasteiger partial charge in [-0.25, -0.2) is 17.6 Å². The fraction of sp³-hybridized carbons (Fsp3) is 0.333. The quantitative estimate of drug-likeness (QED) is 0.476. The van der Waals surface area contributed by atoms with Gasteiger partial charge in [-0.1, -0.05) is 0 Å². The lowest BCUT2D eigenvalue weighted by Gasteiger charge is -2.24. The Morgan fingerprint density at radius 3 is 2.24 bits per heavy atom. The van der Waals surface area contributed by atoms with E-state index in [9.17, 15) is 27.2 Å². The first kappa shape index (κ1) is 25.1. The van der Waals surface area contributed by atoms with Crippen LogP contribution in [0.5, 0.6) is 11.5 Å². The Labute approximate surface area is 193 Å². The van der Waals surface area contributed by atoms with Crippen LogP contribution in [0.25, 0.3) is 6.08 Å². The van der Waals surface area contributed by atoms with Crippen LogP contribution >= 0.6 is 0 Å². The highest BCUT2D eigenvalue weighted by molar-refractivity contribution is 5.76. The third kappa shape index (κ3) is 6.27. The van der Waals surface area contributed by atoms with Gasteiger partial charge in [-0.15, -0.1) is 0 Å². The van der Waals surface area contributed by atoms with Crippen molar-refractivity contribution in [3.05, 3.63) is 64.2 Å². The van der Waals surface area contributed by atoms with E-state index in [1.54, 1.807) is 6.08 Å². The van der Waals surface area contributed by atoms with Crippen LogP contribution in [0.2, 0.25) is 0 Å². The maximum Gasteiger partial charge on any atom is 0.309 e. The monoisotopic (exact) mass is 482 g/mol. The molecule has 34 heavy (non-hydrogen) atoms. The lowest BCUT2D eigenvalue weighted by molar-refractivity contribution is -0.142. The molecule has 0 fully saturated rings. The summed E-state index contributed by atoms with van der Waals surface area (Å²) >= 11 is 0. The summed E-state index contributed by atoms with van der Waals surface area (Å²) in [6.45, 7) is 0.343. The molecular weight excluding hydrogens is 460 g/mol. The lowest BCUT2D eigenvalue weighted by Crippen LogP contribution is -2.24. The molecule has 0 N–H and O–H groups in total. The van der Waals surface area contributed by atoms with Crippen LogP contribution < -0.4 is 9.47 Å². The van der Waals surface area contributed by atoms with E-state index in [0.29, 0.717) is 23.1 Å². The van der Waals surface area contributed by atoms with E-state index in [2.05, 4.69) is 9.47 Å². The zero-order valence-electron chi connectivity index (χ0n) is 18.5. The molecule has 0 amide bonds. The first-order valence-corrected chi connectivity index (χ1v) is 10.3. The molecule has 0 aliphatic carbocycles. The molecule has 4 rings (SSSR count). The second kappa shape index (κ2) is 11.0. The molecule has 0 saturated carbocycles. The van der Waals surface area contributed by atoms with Crippen molar-refractivity contribution in [1.29, 1.82) is 0 Å². The van der Waals surface area contributed by atoms with E-state index in [1.807, 2.05) is 0 Å². The molecule has 2 aromatic rings. The standard InChI is InChI=1S/C12H12F2O3.C12H10F2O3/c2*1-16-11(15)3-7-2-8-4-9(13)5-10(14)12(8)17-6-7/h4-5,7H,2-3,6H2,1H3;2,4-5H,3,6H2,1H3/t7-;/m0./s1. The number of hydrogen-bond donors (Lipinski definition) is 0. The van der Waals surface area contributed by atoms with Crippen LogP contribution in [0, 0.1) is 29.2 Å². The minimum Gasteiger partial charge on any atom is -0.490 e. The molecular formula is C24H22F4O6. The smallest absolute Gasteiger partial charge is 0.309 e. The Kier molecular flexibility index (Phi) is 8.14. The SMILES string of the molecule is COC(=O)CC1=Cc2cc(F)cc(F)c2OC1.COC(=O)C[C@H]1COc2c(F)cc(F)cc2C1. The van der Waals surface area contributed by atoms with Crippen LogP contribution in [0.3, 0.4) is 0 Å². The van der Waals surface area contributed by atoms with Crippen molar-refractivity contribution in [1.82, 2.24) is 0 Å². The molecule has 0 spiro atoms. The maximum absolute atomic E-state index is 13.3. The molecule has 2 heterocycles. The number of ether oxygens (including phenoxy) is 4. The van der Waals surface area contributed by atoms with Crippen molar-refractivity contribution in [2.75, 3.05) is 27.4 Å². The third-order valence-electron chi connectivity index (χ3n) is 5.14. The van der Waals surface area contributed by atoms with Gasteiger partial charge in [-0.05, 0) is 30.2 Å². The maximum atomic E-state index is 13.3. The average Bonchev–Trinajstić information content (AvgIpc) is 2.78. The molecule has 0 saturated heterocycles. The Hall–Kier alpha value is -3.56. The molecule has 0 aromatic heterocycles. The highest BCUT2D eigenvalue weighted by Gasteiger charge is 2.25. The molecule has 0 bridgehead atoms. The molecule has 1 atom stereocenters. The van der Waals surface area contributed by atoms with E-state index in [0.717, 1.165) is 18.2 Å². The molecule has 2 aliphatic heterocycles. The average molecular weight is 482 g/mol. The zero-order valence-corrected chi connectivity index (χ0v) is 18.5. The van der Waals surface area contributed by atoms with Crippen molar-refractivity contribution < 1.29 is 46.1 Å². The molecule has 182 valence electrons. The molecule has 0 radical (unpaired) electrons. The molecule has 2 aliphatic rings. The van der Waals surface area contributed by atoms with Gasteiger partial charge in [0.2, 0.25) is 0 Å². The molecule has 6 nitrogen and oxygen atoms in total. The fourth-order valence-corrected chi connectivity index (χ4v) is 3.57. The number of fused-ring (bicyclic) bond motifs is 2. The fourth-order valence-electron chi connectivity index (χ4n) is 3.57. The van der Waals surface area contributed by atoms with Crippen LogP contribution in [0.1, 0.15) is 24.0 Å². The van der Waals surface area contributed by atoms with Crippen molar-refractivity contribution in [2.45, 2.75) is 19.3 Å². The number of carbonyl (C=O) groups excluding carboxylic acids is 2. The first-order valence-electron chi connectivity index (χ1n) is 10.3. The Morgan fingerprint density at radius 2 is 1.56 bits per heavy atom. The van der Waals surface area contributed by atoms with E-state index in [1.165, 1.54) is 20.3 Å². The second-order valence-electron chi connectivity index (χ2n) is 7.69. The summed E-state index contributed by atoms with van der Waals surface area (Å²) in [5, 5.41) is 0. The Bertz CT molecular complexity index is 1120. The Balaban J connectivity index is 0.000000191. The topological polar surface area (TPSA) is 71.1 Å². The summed E-state index contributed by atoms with van der Waals surface area (Å²) in [5.41, 5.74) is 1.38. The van der Waals surface area contributed by atoms with Crippen LogP contribution in [0.15, 0.2) is 29.8 Å². The van der Waals surface area contributed by atoms with Crippen molar-refractivity contribution >= 4 is 18.0 Å². The second-order valence-corrected chi connectivity index (χ2v) is 7.69. The summed E-state index contributed by atoms with van der Waals surface area (Å²) in [5.74, 6) is -3.52. The first-order chi connectivity index (χ1) is 16.2. The van der Waals surface area contributed by atoms with Crippen LogP contribution in [-0.2, 0) is 25.5 Å². The number of halogens is 4. The normalized spacial score (nSPS) is 15.8. The molecule has 0 unspecified atom stereocenters. The van der Waals surface area contributed by atoms with Crippen LogP contribution in [-0.4, -0.2) is 39.4 Å². The largest absolute Gasteiger partial charge is 0.490 e. The lowest BCUT2D eigenvalue weighted by atomic mass is 9.94. The van der Waals surface area contributed by atoms with E-state index in [-0.39, 0.29) is 49.4 Å². The van der Waals surface area contributed by atoms with Gasteiger partial charge in [-0.3, -0.25) is 9.59 Å². The van der Waals surface area contributed by atoms with Crippen LogP contribution in [0.4, 0.5) is 17.6 Å². The van der Waals surface area contributed by atoms with Gasteiger partial charge in [0.1, 0.15) is 18.2 Å². The van der Waals surface area contributed by atoms with E-state index in [4.69, 9.17) is 9.47 Å².